The second-order valence-corrected chi connectivity index (χ2v) is 7.01. The summed E-state index contributed by atoms with van der Waals surface area (Å²) < 4.78 is 31.3. The molecular formula is C20H23NO13. The van der Waals surface area contributed by atoms with E-state index in [-0.39, 0.29) is 11.3 Å². The molecule has 1 aliphatic heterocycles. The highest BCUT2D eigenvalue weighted by Gasteiger charge is 2.56. The van der Waals surface area contributed by atoms with Crippen LogP contribution in [0.25, 0.3) is 0 Å². The van der Waals surface area contributed by atoms with E-state index in [9.17, 15) is 34.4 Å². The number of nitro groups is 1. The first-order chi connectivity index (χ1) is 16.0. The van der Waals surface area contributed by atoms with E-state index in [1.165, 1.54) is 6.07 Å². The van der Waals surface area contributed by atoms with Gasteiger partial charge in [-0.1, -0.05) is 6.07 Å². The molecule has 1 heterocycles. The van der Waals surface area contributed by atoms with Crippen LogP contribution in [0.15, 0.2) is 18.2 Å². The number of carbonyl (C=O) groups is 4. The summed E-state index contributed by atoms with van der Waals surface area (Å²) in [5, 5.41) is 20.8. The number of benzene rings is 1. The average molecular weight is 485 g/mol. The van der Waals surface area contributed by atoms with Crippen molar-refractivity contribution in [2.75, 3.05) is 7.11 Å². The molecule has 2 unspecified atom stereocenters. The van der Waals surface area contributed by atoms with Crippen molar-refractivity contribution in [2.24, 2.45) is 0 Å². The first kappa shape index (κ1) is 26.5. The van der Waals surface area contributed by atoms with Gasteiger partial charge in [-0.15, -0.1) is 0 Å². The van der Waals surface area contributed by atoms with E-state index in [1.54, 1.807) is 0 Å². The molecule has 1 N–H and O–H groups in total. The predicted octanol–water partition coefficient (Wildman–Crippen LogP) is 0.159. The number of nitro benzene ring substituents is 1. The molecule has 0 bridgehead atoms. The lowest BCUT2D eigenvalue weighted by Gasteiger charge is -2.42. The lowest BCUT2D eigenvalue weighted by atomic mass is 9.97. The van der Waals surface area contributed by atoms with Crippen LogP contribution in [0.1, 0.15) is 26.3 Å². The van der Waals surface area contributed by atoms with Crippen molar-refractivity contribution >= 4 is 29.6 Å². The minimum absolute atomic E-state index is 0.209. The maximum Gasteiger partial charge on any atom is 0.339 e. The standard InChI is InChI=1S/C20H23NO13/c1-9(23)30-15-16(31-10(2)24)18(32-11(3)25)20(34-17(15)19(26)29-4)33-14-6-5-12(8-22)7-13(14)21(27)28/h5-7,15-18,20,22H,8H2,1-4H3/t15-,16?,17?,18-,20+/m0/s1. The fraction of sp³-hybridized carbons (Fsp3) is 0.500. The molecule has 1 fully saturated rings. The van der Waals surface area contributed by atoms with Gasteiger partial charge in [0.2, 0.25) is 12.4 Å². The van der Waals surface area contributed by atoms with Gasteiger partial charge in [0.25, 0.3) is 0 Å². The number of hydrogen-bond acceptors (Lipinski definition) is 13. The molecule has 1 aromatic rings. The van der Waals surface area contributed by atoms with Crippen LogP contribution >= 0.6 is 0 Å². The number of methoxy groups -OCH3 is 1. The summed E-state index contributed by atoms with van der Waals surface area (Å²) in [4.78, 5) is 58.4. The molecule has 14 nitrogen and oxygen atoms in total. The summed E-state index contributed by atoms with van der Waals surface area (Å²) in [6.07, 6.45) is -8.30. The topological polar surface area (TPSA) is 187 Å². The highest BCUT2D eigenvalue weighted by molar-refractivity contribution is 5.77. The minimum atomic E-state index is -1.75. The lowest BCUT2D eigenvalue weighted by Crippen LogP contribution is -2.64. The Hall–Kier alpha value is -3.78. The number of carbonyl (C=O) groups excluding carboxylic acids is 4. The SMILES string of the molecule is COC(=O)C1O[C@@H](Oc2ccc(CO)cc2[N+](=O)[O-])[C@@H](OC(C)=O)C(OC(C)=O)[C@@H]1OC(C)=O. The second-order valence-electron chi connectivity index (χ2n) is 7.01. The van der Waals surface area contributed by atoms with Crippen molar-refractivity contribution in [3.8, 4) is 5.75 Å². The first-order valence-electron chi connectivity index (χ1n) is 9.78. The quantitative estimate of drug-likeness (QED) is 0.227. The number of aliphatic hydroxyl groups excluding tert-OH is 1. The summed E-state index contributed by atoms with van der Waals surface area (Å²) in [5.74, 6) is -4.08. The van der Waals surface area contributed by atoms with Gasteiger partial charge in [0.1, 0.15) is 0 Å². The number of aliphatic hydroxyl groups is 1. The number of esters is 4. The second kappa shape index (κ2) is 11.4. The minimum Gasteiger partial charge on any atom is -0.467 e. The van der Waals surface area contributed by atoms with Crippen molar-refractivity contribution in [3.05, 3.63) is 33.9 Å². The van der Waals surface area contributed by atoms with E-state index in [1.807, 2.05) is 0 Å². The van der Waals surface area contributed by atoms with Gasteiger partial charge in [0, 0.05) is 26.8 Å². The predicted molar refractivity (Wildman–Crippen MR) is 107 cm³/mol. The van der Waals surface area contributed by atoms with E-state index in [0.717, 1.165) is 40.0 Å². The number of ether oxygens (including phenoxy) is 6. The molecule has 0 aliphatic carbocycles. The average Bonchev–Trinajstić information content (AvgIpc) is 2.76. The lowest BCUT2D eigenvalue weighted by molar-refractivity contribution is -0.387. The van der Waals surface area contributed by atoms with Crippen LogP contribution in [0.3, 0.4) is 0 Å². The van der Waals surface area contributed by atoms with Gasteiger partial charge in [-0.05, 0) is 11.6 Å². The summed E-state index contributed by atoms with van der Waals surface area (Å²) in [6, 6.07) is 3.53. The molecule has 1 aromatic carbocycles. The maximum absolute atomic E-state index is 12.4. The normalized spacial score (nSPS) is 23.9. The molecule has 0 saturated carbocycles. The van der Waals surface area contributed by atoms with Crippen molar-refractivity contribution in [3.63, 3.8) is 0 Å². The Bertz CT molecular complexity index is 962. The molecule has 5 atom stereocenters. The van der Waals surface area contributed by atoms with Gasteiger partial charge in [-0.25, -0.2) is 4.79 Å². The fourth-order valence-corrected chi connectivity index (χ4v) is 3.20. The maximum atomic E-state index is 12.4. The molecule has 1 saturated heterocycles. The van der Waals surface area contributed by atoms with Crippen molar-refractivity contribution < 1.29 is 57.6 Å². The molecule has 14 heteroatoms. The zero-order chi connectivity index (χ0) is 25.6. The number of nitrogens with zero attached hydrogens (tertiary/aromatic N) is 1. The molecule has 34 heavy (non-hydrogen) atoms. The van der Waals surface area contributed by atoms with Crippen LogP contribution in [0.4, 0.5) is 5.69 Å². The summed E-state index contributed by atoms with van der Waals surface area (Å²) >= 11 is 0. The molecule has 0 spiro atoms. The van der Waals surface area contributed by atoms with Crippen molar-refractivity contribution in [1.29, 1.82) is 0 Å². The largest absolute Gasteiger partial charge is 0.467 e. The van der Waals surface area contributed by atoms with E-state index in [2.05, 4.69) is 4.74 Å². The third-order valence-corrected chi connectivity index (χ3v) is 4.48. The van der Waals surface area contributed by atoms with Crippen LogP contribution < -0.4 is 4.74 Å². The monoisotopic (exact) mass is 485 g/mol. The zero-order valence-corrected chi connectivity index (χ0v) is 18.6. The molecule has 0 amide bonds. The summed E-state index contributed by atoms with van der Waals surface area (Å²) in [5.41, 5.74) is -0.363. The van der Waals surface area contributed by atoms with Gasteiger partial charge < -0.3 is 33.5 Å². The van der Waals surface area contributed by atoms with Crippen LogP contribution in [0, 0.1) is 10.1 Å². The van der Waals surface area contributed by atoms with E-state index < -0.39 is 71.8 Å². The van der Waals surface area contributed by atoms with Gasteiger partial charge in [-0.2, -0.15) is 0 Å². The van der Waals surface area contributed by atoms with Crippen molar-refractivity contribution in [2.45, 2.75) is 58.1 Å². The van der Waals surface area contributed by atoms with Gasteiger partial charge in [0.05, 0.1) is 18.6 Å². The molecular weight excluding hydrogens is 462 g/mol. The van der Waals surface area contributed by atoms with Gasteiger partial charge in [0.15, 0.2) is 24.1 Å². The smallest absolute Gasteiger partial charge is 0.339 e. The van der Waals surface area contributed by atoms with Crippen LogP contribution in [-0.2, 0) is 49.5 Å². The van der Waals surface area contributed by atoms with Gasteiger partial charge in [-0.3, -0.25) is 24.5 Å². The van der Waals surface area contributed by atoms with Crippen LogP contribution in [-0.4, -0.2) is 71.7 Å². The number of hydrogen-bond donors (Lipinski definition) is 1. The van der Waals surface area contributed by atoms with Crippen LogP contribution in [0.5, 0.6) is 5.75 Å². The Morgan fingerprint density at radius 2 is 1.56 bits per heavy atom. The Morgan fingerprint density at radius 1 is 1.00 bits per heavy atom. The van der Waals surface area contributed by atoms with E-state index in [0.29, 0.717) is 0 Å². The molecule has 0 radical (unpaired) electrons. The van der Waals surface area contributed by atoms with Crippen LogP contribution in [0.2, 0.25) is 0 Å². The Labute approximate surface area is 192 Å². The number of rotatable bonds is 8. The molecule has 0 aromatic heterocycles. The zero-order valence-electron chi connectivity index (χ0n) is 18.6. The molecule has 186 valence electrons. The summed E-state index contributed by atoms with van der Waals surface area (Å²) in [7, 11) is 1.02. The summed E-state index contributed by atoms with van der Waals surface area (Å²) in [6.45, 7) is 2.58. The van der Waals surface area contributed by atoms with Gasteiger partial charge >= 0.3 is 29.6 Å². The third-order valence-electron chi connectivity index (χ3n) is 4.48. The highest BCUT2D eigenvalue weighted by atomic mass is 16.7. The Balaban J connectivity index is 2.58. The molecule has 2 rings (SSSR count). The first-order valence-corrected chi connectivity index (χ1v) is 9.78. The fourth-order valence-electron chi connectivity index (χ4n) is 3.20. The van der Waals surface area contributed by atoms with E-state index >= 15 is 0 Å². The highest BCUT2D eigenvalue weighted by Crippen LogP contribution is 2.35. The third kappa shape index (κ3) is 6.39. The Kier molecular flexibility index (Phi) is 8.86. The Morgan fingerprint density at radius 3 is 2.06 bits per heavy atom. The molecule has 1 aliphatic rings. The van der Waals surface area contributed by atoms with E-state index in [4.69, 9.17) is 23.7 Å². The van der Waals surface area contributed by atoms with Crippen molar-refractivity contribution in [1.82, 2.24) is 0 Å².